The third-order valence-electron chi connectivity index (χ3n) is 2.48. The standard InChI is InChI=1S/C12H6Cl3F3N2/c13-7-3-5(4-8(14)10(7)15)6-1-2-9(19)20-11(6)12(16,17)18/h1-4H,(H2,19,20). The van der Waals surface area contributed by atoms with Crippen molar-refractivity contribution in [1.29, 1.82) is 0 Å². The Morgan fingerprint density at radius 1 is 1.00 bits per heavy atom. The van der Waals surface area contributed by atoms with Crippen LogP contribution in [0.3, 0.4) is 0 Å². The zero-order valence-corrected chi connectivity index (χ0v) is 11.9. The topological polar surface area (TPSA) is 38.9 Å². The number of hydrogen-bond donors (Lipinski definition) is 1. The van der Waals surface area contributed by atoms with Gasteiger partial charge in [-0.2, -0.15) is 13.2 Å². The number of halogens is 6. The SMILES string of the molecule is Nc1ccc(-c2cc(Cl)c(Cl)c(Cl)c2)c(C(F)(F)F)n1. The van der Waals surface area contributed by atoms with Gasteiger partial charge in [-0.3, -0.25) is 0 Å². The quantitative estimate of drug-likeness (QED) is 0.714. The number of alkyl halides is 3. The molecule has 0 aliphatic heterocycles. The highest BCUT2D eigenvalue weighted by atomic mass is 35.5. The highest BCUT2D eigenvalue weighted by molar-refractivity contribution is 6.48. The average molecular weight is 342 g/mol. The largest absolute Gasteiger partial charge is 0.434 e. The smallest absolute Gasteiger partial charge is 0.384 e. The van der Waals surface area contributed by atoms with Crippen LogP contribution in [0.1, 0.15) is 5.69 Å². The minimum atomic E-state index is -4.65. The van der Waals surface area contributed by atoms with Gasteiger partial charge in [0.25, 0.3) is 0 Å². The van der Waals surface area contributed by atoms with Crippen molar-refractivity contribution in [1.82, 2.24) is 4.98 Å². The Balaban J connectivity index is 2.70. The Morgan fingerprint density at radius 3 is 2.05 bits per heavy atom. The van der Waals surface area contributed by atoms with Crippen LogP contribution in [0.4, 0.5) is 19.0 Å². The Morgan fingerprint density at radius 2 is 1.55 bits per heavy atom. The minimum Gasteiger partial charge on any atom is -0.384 e. The monoisotopic (exact) mass is 340 g/mol. The molecule has 106 valence electrons. The summed E-state index contributed by atoms with van der Waals surface area (Å²) in [7, 11) is 0. The first-order valence-electron chi connectivity index (χ1n) is 5.19. The second-order valence-electron chi connectivity index (χ2n) is 3.88. The number of nitrogens with zero attached hydrogens (tertiary/aromatic N) is 1. The molecule has 0 saturated heterocycles. The fraction of sp³-hybridized carbons (Fsp3) is 0.0833. The molecule has 0 spiro atoms. The van der Waals surface area contributed by atoms with Gasteiger partial charge in [-0.15, -0.1) is 0 Å². The third-order valence-corrected chi connectivity index (χ3v) is 3.68. The second kappa shape index (κ2) is 5.31. The summed E-state index contributed by atoms with van der Waals surface area (Å²) in [5, 5.41) is 0.187. The van der Waals surface area contributed by atoms with Crippen LogP contribution >= 0.6 is 34.8 Å². The lowest BCUT2D eigenvalue weighted by Crippen LogP contribution is -2.11. The predicted molar refractivity (Wildman–Crippen MR) is 74.1 cm³/mol. The Hall–Kier alpha value is -1.17. The number of anilines is 1. The third kappa shape index (κ3) is 2.95. The van der Waals surface area contributed by atoms with E-state index in [0.717, 1.165) is 0 Å². The number of hydrogen-bond acceptors (Lipinski definition) is 2. The summed E-state index contributed by atoms with van der Waals surface area (Å²) in [5.41, 5.74) is 4.18. The van der Waals surface area contributed by atoms with Crippen molar-refractivity contribution < 1.29 is 13.2 Å². The van der Waals surface area contributed by atoms with E-state index in [4.69, 9.17) is 40.5 Å². The van der Waals surface area contributed by atoms with Crippen LogP contribution in [-0.2, 0) is 6.18 Å². The van der Waals surface area contributed by atoms with Gasteiger partial charge in [0.1, 0.15) is 5.82 Å². The molecular formula is C12H6Cl3F3N2. The summed E-state index contributed by atoms with van der Waals surface area (Å²) < 4.78 is 39.0. The fourth-order valence-corrected chi connectivity index (χ4v) is 2.23. The average Bonchev–Trinajstić information content (AvgIpc) is 2.34. The van der Waals surface area contributed by atoms with Crippen LogP contribution in [-0.4, -0.2) is 4.98 Å². The first kappa shape index (κ1) is 15.2. The van der Waals surface area contributed by atoms with Crippen LogP contribution in [0.25, 0.3) is 11.1 Å². The summed E-state index contributed by atoms with van der Waals surface area (Å²) in [5.74, 6) is -0.229. The van der Waals surface area contributed by atoms with Crippen molar-refractivity contribution in [2.75, 3.05) is 5.73 Å². The van der Waals surface area contributed by atoms with E-state index in [2.05, 4.69) is 4.98 Å². The molecule has 1 aromatic carbocycles. The van der Waals surface area contributed by atoms with Crippen LogP contribution in [0.2, 0.25) is 15.1 Å². The van der Waals surface area contributed by atoms with Gasteiger partial charge in [0.15, 0.2) is 5.69 Å². The van der Waals surface area contributed by atoms with Crippen LogP contribution in [0, 0.1) is 0 Å². The molecule has 2 N–H and O–H groups in total. The molecule has 0 aliphatic carbocycles. The van der Waals surface area contributed by atoms with Crippen molar-refractivity contribution >= 4 is 40.6 Å². The number of rotatable bonds is 1. The van der Waals surface area contributed by atoms with Crippen molar-refractivity contribution in [3.05, 3.63) is 45.0 Å². The summed E-state index contributed by atoms with van der Waals surface area (Å²) >= 11 is 17.4. The number of aromatic nitrogens is 1. The summed E-state index contributed by atoms with van der Waals surface area (Å²) in [6, 6.07) is 5.05. The molecule has 0 saturated carbocycles. The van der Waals surface area contributed by atoms with E-state index in [0.29, 0.717) is 0 Å². The van der Waals surface area contributed by atoms with Gasteiger partial charge in [-0.1, -0.05) is 34.8 Å². The first-order chi connectivity index (χ1) is 9.20. The van der Waals surface area contributed by atoms with Gasteiger partial charge < -0.3 is 5.73 Å². The molecule has 0 radical (unpaired) electrons. The maximum absolute atomic E-state index is 13.0. The molecule has 2 nitrogen and oxygen atoms in total. The van der Waals surface area contributed by atoms with Crippen molar-refractivity contribution in [2.45, 2.75) is 6.18 Å². The molecule has 20 heavy (non-hydrogen) atoms. The molecule has 8 heteroatoms. The van der Waals surface area contributed by atoms with Crippen LogP contribution in [0.15, 0.2) is 24.3 Å². The van der Waals surface area contributed by atoms with Crippen molar-refractivity contribution in [3.63, 3.8) is 0 Å². The fourth-order valence-electron chi connectivity index (χ4n) is 1.63. The zero-order valence-electron chi connectivity index (χ0n) is 9.60. The van der Waals surface area contributed by atoms with Crippen molar-refractivity contribution in [3.8, 4) is 11.1 Å². The van der Waals surface area contributed by atoms with Crippen LogP contribution < -0.4 is 5.73 Å². The highest BCUT2D eigenvalue weighted by Gasteiger charge is 2.36. The minimum absolute atomic E-state index is 0.0547. The molecule has 0 aliphatic rings. The first-order valence-corrected chi connectivity index (χ1v) is 6.32. The van der Waals surface area contributed by atoms with Crippen LogP contribution in [0.5, 0.6) is 0 Å². The van der Waals surface area contributed by atoms with Gasteiger partial charge >= 0.3 is 6.18 Å². The normalized spacial score (nSPS) is 11.7. The molecule has 0 unspecified atom stereocenters. The molecule has 1 heterocycles. The molecule has 0 bridgehead atoms. The maximum atomic E-state index is 13.0. The lowest BCUT2D eigenvalue weighted by Gasteiger charge is -2.13. The van der Waals surface area contributed by atoms with Crippen molar-refractivity contribution in [2.24, 2.45) is 0 Å². The molecule has 2 rings (SSSR count). The Labute approximate surface area is 127 Å². The number of pyridine rings is 1. The number of benzene rings is 1. The van der Waals surface area contributed by atoms with Gasteiger partial charge in [0.05, 0.1) is 15.1 Å². The molecule has 1 aromatic heterocycles. The number of nitrogen functional groups attached to an aromatic ring is 1. The van der Waals surface area contributed by atoms with E-state index >= 15 is 0 Å². The zero-order chi connectivity index (χ0) is 15.1. The summed E-state index contributed by atoms with van der Waals surface area (Å²) in [6.45, 7) is 0. The Bertz CT molecular complexity index is 648. The highest BCUT2D eigenvalue weighted by Crippen LogP contribution is 2.40. The summed E-state index contributed by atoms with van der Waals surface area (Å²) in [6.07, 6.45) is -4.65. The van der Waals surface area contributed by atoms with E-state index in [-0.39, 0.29) is 32.0 Å². The lowest BCUT2D eigenvalue weighted by atomic mass is 10.0. The van der Waals surface area contributed by atoms with Gasteiger partial charge in [-0.05, 0) is 29.8 Å². The van der Waals surface area contributed by atoms with E-state index in [1.54, 1.807) is 0 Å². The second-order valence-corrected chi connectivity index (χ2v) is 5.08. The van der Waals surface area contributed by atoms with E-state index in [1.807, 2.05) is 0 Å². The van der Waals surface area contributed by atoms with E-state index in [1.165, 1.54) is 24.3 Å². The van der Waals surface area contributed by atoms with Gasteiger partial charge in [0.2, 0.25) is 0 Å². The Kier molecular flexibility index (Phi) is 4.04. The number of nitrogens with two attached hydrogens (primary N) is 1. The van der Waals surface area contributed by atoms with Gasteiger partial charge in [0, 0.05) is 5.56 Å². The van der Waals surface area contributed by atoms with Gasteiger partial charge in [-0.25, -0.2) is 4.98 Å². The molecule has 2 aromatic rings. The molecule has 0 atom stereocenters. The molecule has 0 fully saturated rings. The molecular weight excluding hydrogens is 335 g/mol. The molecule has 0 amide bonds. The maximum Gasteiger partial charge on any atom is 0.434 e. The summed E-state index contributed by atoms with van der Waals surface area (Å²) in [4.78, 5) is 3.34. The predicted octanol–water partition coefficient (Wildman–Crippen LogP) is 5.31. The lowest BCUT2D eigenvalue weighted by molar-refractivity contribution is -0.140. The van der Waals surface area contributed by atoms with E-state index in [9.17, 15) is 13.2 Å². The van der Waals surface area contributed by atoms with E-state index < -0.39 is 11.9 Å².